The van der Waals surface area contributed by atoms with Crippen LogP contribution < -0.4 is 5.32 Å². The van der Waals surface area contributed by atoms with Gasteiger partial charge in [0.25, 0.3) is 0 Å². The van der Waals surface area contributed by atoms with Gasteiger partial charge in [-0.3, -0.25) is 4.90 Å². The molecule has 1 saturated carbocycles. The smallest absolute Gasteiger partial charge is 0.0252 e. The summed E-state index contributed by atoms with van der Waals surface area (Å²) in [4.78, 5) is 5.40. The maximum Gasteiger partial charge on any atom is 0.0252 e. The molecule has 1 N–H and O–H groups in total. The van der Waals surface area contributed by atoms with Crippen LogP contribution in [-0.2, 0) is 0 Å². The van der Waals surface area contributed by atoms with Gasteiger partial charge in [0.1, 0.15) is 0 Å². The summed E-state index contributed by atoms with van der Waals surface area (Å²) in [7, 11) is 4.46. The fraction of sp³-hybridized carbons (Fsp3) is 1.00. The topological polar surface area (TPSA) is 18.5 Å². The Labute approximate surface area is 126 Å². The molecule has 1 heterocycles. The Bertz CT molecular complexity index is 267. The fourth-order valence-corrected chi connectivity index (χ4v) is 4.26. The van der Waals surface area contributed by atoms with E-state index < -0.39 is 0 Å². The third-order valence-corrected chi connectivity index (χ3v) is 5.45. The molecule has 118 valence electrons. The lowest BCUT2D eigenvalue weighted by Gasteiger charge is -2.42. The van der Waals surface area contributed by atoms with Gasteiger partial charge in [0, 0.05) is 31.2 Å². The van der Waals surface area contributed by atoms with Crippen molar-refractivity contribution in [3.63, 3.8) is 0 Å². The highest BCUT2D eigenvalue weighted by Crippen LogP contribution is 2.26. The molecule has 20 heavy (non-hydrogen) atoms. The summed E-state index contributed by atoms with van der Waals surface area (Å²) < 4.78 is 0. The minimum atomic E-state index is 0.702. The van der Waals surface area contributed by atoms with E-state index >= 15 is 0 Å². The molecular formula is C17H35N3. The van der Waals surface area contributed by atoms with Gasteiger partial charge < -0.3 is 10.2 Å². The maximum absolute atomic E-state index is 3.64. The minimum absolute atomic E-state index is 0.702. The largest absolute Gasteiger partial charge is 0.315 e. The molecule has 2 rings (SSSR count). The van der Waals surface area contributed by atoms with Crippen molar-refractivity contribution in [2.45, 2.75) is 76.4 Å². The highest BCUT2D eigenvalue weighted by molar-refractivity contribution is 4.90. The Kier molecular flexibility index (Phi) is 6.79. The number of rotatable bonds is 3. The van der Waals surface area contributed by atoms with Crippen LogP contribution in [0, 0.1) is 0 Å². The zero-order chi connectivity index (χ0) is 14.4. The lowest BCUT2D eigenvalue weighted by Crippen LogP contribution is -2.54. The molecular weight excluding hydrogens is 246 g/mol. The molecule has 2 aliphatic rings. The summed E-state index contributed by atoms with van der Waals surface area (Å²) in [5.74, 6) is 0. The van der Waals surface area contributed by atoms with Crippen molar-refractivity contribution in [3.8, 4) is 0 Å². The molecule has 0 amide bonds. The van der Waals surface area contributed by atoms with Gasteiger partial charge in [0.05, 0.1) is 0 Å². The van der Waals surface area contributed by atoms with Crippen molar-refractivity contribution < 1.29 is 0 Å². The summed E-state index contributed by atoms with van der Waals surface area (Å²) in [5, 5.41) is 3.64. The molecule has 1 aliphatic heterocycles. The molecule has 0 spiro atoms. The van der Waals surface area contributed by atoms with Crippen molar-refractivity contribution >= 4 is 0 Å². The third-order valence-electron chi connectivity index (χ3n) is 5.45. The van der Waals surface area contributed by atoms with Gasteiger partial charge >= 0.3 is 0 Å². The van der Waals surface area contributed by atoms with Gasteiger partial charge in [-0.1, -0.05) is 32.6 Å². The second kappa shape index (κ2) is 8.35. The highest BCUT2D eigenvalue weighted by atomic mass is 15.3. The molecule has 0 aromatic heterocycles. The fourth-order valence-electron chi connectivity index (χ4n) is 4.26. The molecule has 0 radical (unpaired) electrons. The number of hydrogen-bond donors (Lipinski definition) is 1. The van der Waals surface area contributed by atoms with E-state index in [1.54, 1.807) is 0 Å². The maximum atomic E-state index is 3.64. The Balaban J connectivity index is 2.10. The van der Waals surface area contributed by atoms with E-state index in [4.69, 9.17) is 0 Å². The molecule has 3 atom stereocenters. The Hall–Kier alpha value is -0.120. The van der Waals surface area contributed by atoms with Gasteiger partial charge in [-0.15, -0.1) is 0 Å². The molecule has 1 saturated heterocycles. The summed E-state index contributed by atoms with van der Waals surface area (Å²) in [5.41, 5.74) is 0. The molecule has 0 aromatic rings. The van der Waals surface area contributed by atoms with Gasteiger partial charge in [-0.05, 0) is 46.3 Å². The van der Waals surface area contributed by atoms with Gasteiger partial charge in [0.2, 0.25) is 0 Å². The lowest BCUT2D eigenvalue weighted by molar-refractivity contribution is 0.0874. The second-order valence-corrected chi connectivity index (χ2v) is 6.87. The predicted octanol–water partition coefficient (Wildman–Crippen LogP) is 2.71. The lowest BCUT2D eigenvalue weighted by atomic mass is 9.90. The van der Waals surface area contributed by atoms with Crippen LogP contribution in [0.4, 0.5) is 0 Å². The summed E-state index contributed by atoms with van der Waals surface area (Å²) >= 11 is 0. The van der Waals surface area contributed by atoms with Gasteiger partial charge in [0.15, 0.2) is 0 Å². The average molecular weight is 281 g/mol. The van der Waals surface area contributed by atoms with Crippen LogP contribution in [0.3, 0.4) is 0 Å². The highest BCUT2D eigenvalue weighted by Gasteiger charge is 2.32. The number of hydrogen-bond acceptors (Lipinski definition) is 3. The van der Waals surface area contributed by atoms with Crippen LogP contribution in [0.2, 0.25) is 0 Å². The average Bonchev–Trinajstić information content (AvgIpc) is 2.60. The molecule has 0 bridgehead atoms. The zero-order valence-corrected chi connectivity index (χ0v) is 13.9. The minimum Gasteiger partial charge on any atom is -0.315 e. The number of nitrogens with one attached hydrogen (secondary N) is 1. The first-order valence-corrected chi connectivity index (χ1v) is 8.87. The molecule has 3 heteroatoms. The van der Waals surface area contributed by atoms with Crippen molar-refractivity contribution in [1.82, 2.24) is 15.1 Å². The van der Waals surface area contributed by atoms with E-state index in [2.05, 4.69) is 36.1 Å². The van der Waals surface area contributed by atoms with Crippen LogP contribution in [-0.4, -0.2) is 61.7 Å². The zero-order valence-electron chi connectivity index (χ0n) is 13.9. The van der Waals surface area contributed by atoms with Crippen LogP contribution >= 0.6 is 0 Å². The predicted molar refractivity (Wildman–Crippen MR) is 87.2 cm³/mol. The number of likely N-dealkylation sites (N-methyl/N-ethyl adjacent to an activating group) is 2. The van der Waals surface area contributed by atoms with E-state index in [0.717, 1.165) is 12.1 Å². The van der Waals surface area contributed by atoms with Gasteiger partial charge in [-0.2, -0.15) is 0 Å². The van der Waals surface area contributed by atoms with Gasteiger partial charge in [-0.25, -0.2) is 0 Å². The van der Waals surface area contributed by atoms with Crippen LogP contribution in [0.5, 0.6) is 0 Å². The standard InChI is InChI=1S/C17H35N3/c1-4-15-14-19(3)12-9-13-20(15)17-11-8-6-5-7-10-16(17)18-2/h15-18H,4-14H2,1-3H3. The van der Waals surface area contributed by atoms with Crippen molar-refractivity contribution in [3.05, 3.63) is 0 Å². The summed E-state index contributed by atoms with van der Waals surface area (Å²) in [6.07, 6.45) is 11.1. The Morgan fingerprint density at radius 2 is 1.75 bits per heavy atom. The van der Waals surface area contributed by atoms with E-state index in [0.29, 0.717) is 6.04 Å². The van der Waals surface area contributed by atoms with Crippen molar-refractivity contribution in [1.29, 1.82) is 0 Å². The number of nitrogens with zero attached hydrogens (tertiary/aromatic N) is 2. The molecule has 0 aromatic carbocycles. The monoisotopic (exact) mass is 281 g/mol. The Morgan fingerprint density at radius 3 is 2.45 bits per heavy atom. The molecule has 1 aliphatic carbocycles. The van der Waals surface area contributed by atoms with Crippen LogP contribution in [0.1, 0.15) is 58.3 Å². The van der Waals surface area contributed by atoms with E-state index in [-0.39, 0.29) is 0 Å². The first-order valence-electron chi connectivity index (χ1n) is 8.87. The second-order valence-electron chi connectivity index (χ2n) is 6.87. The van der Waals surface area contributed by atoms with E-state index in [1.165, 1.54) is 71.0 Å². The first kappa shape index (κ1) is 16.3. The Morgan fingerprint density at radius 1 is 1.00 bits per heavy atom. The normalized spacial score (nSPS) is 35.2. The van der Waals surface area contributed by atoms with E-state index in [1.807, 2.05) is 0 Å². The van der Waals surface area contributed by atoms with E-state index in [9.17, 15) is 0 Å². The first-order chi connectivity index (χ1) is 9.76. The molecule has 3 nitrogen and oxygen atoms in total. The quantitative estimate of drug-likeness (QED) is 0.858. The van der Waals surface area contributed by atoms with Crippen molar-refractivity contribution in [2.24, 2.45) is 0 Å². The summed E-state index contributed by atoms with van der Waals surface area (Å²) in [6.45, 7) is 6.19. The van der Waals surface area contributed by atoms with Crippen LogP contribution in [0.15, 0.2) is 0 Å². The summed E-state index contributed by atoms with van der Waals surface area (Å²) in [6, 6.07) is 2.22. The van der Waals surface area contributed by atoms with Crippen molar-refractivity contribution in [2.75, 3.05) is 33.7 Å². The van der Waals surface area contributed by atoms with Crippen LogP contribution in [0.25, 0.3) is 0 Å². The SMILES string of the molecule is CCC1CN(C)CCCN1C1CCCCCCC1NC. The third kappa shape index (κ3) is 4.19. The molecule has 2 fully saturated rings. The molecule has 3 unspecified atom stereocenters.